The Morgan fingerprint density at radius 2 is 1.90 bits per heavy atom. The van der Waals surface area contributed by atoms with Crippen LogP contribution in [0.25, 0.3) is 0 Å². The van der Waals surface area contributed by atoms with E-state index in [0.717, 1.165) is 12.1 Å². The molecule has 21 heavy (non-hydrogen) atoms. The maximum Gasteiger partial charge on any atom is 0.534 e. The van der Waals surface area contributed by atoms with Crippen molar-refractivity contribution in [2.45, 2.75) is 18.9 Å². The zero-order valence-corrected chi connectivity index (χ0v) is 12.2. The lowest BCUT2D eigenvalue weighted by Crippen LogP contribution is -2.28. The van der Waals surface area contributed by atoms with Crippen molar-refractivity contribution in [1.29, 1.82) is 0 Å². The maximum absolute atomic E-state index is 12.2. The molecule has 1 aromatic carbocycles. The Morgan fingerprint density at radius 3 is 2.43 bits per heavy atom. The van der Waals surface area contributed by atoms with E-state index in [2.05, 4.69) is 8.92 Å². The molecule has 0 saturated carbocycles. The Balaban J connectivity index is 3.00. The van der Waals surface area contributed by atoms with Crippen molar-refractivity contribution in [2.24, 2.45) is 0 Å². The number of carbonyl (C=O) groups is 1. The van der Waals surface area contributed by atoms with Crippen molar-refractivity contribution in [3.05, 3.63) is 28.8 Å². The number of hydrogen-bond donors (Lipinski definition) is 0. The predicted molar refractivity (Wildman–Crippen MR) is 67.4 cm³/mol. The minimum Gasteiger partial charge on any atom is -0.466 e. The fraction of sp³-hybridized carbons (Fsp3) is 0.364. The number of ether oxygens (including phenoxy) is 1. The molecule has 0 atom stereocenters. The van der Waals surface area contributed by atoms with Crippen LogP contribution in [0.2, 0.25) is 5.02 Å². The molecule has 0 heterocycles. The van der Waals surface area contributed by atoms with E-state index < -0.39 is 27.3 Å². The van der Waals surface area contributed by atoms with Crippen molar-refractivity contribution >= 4 is 27.7 Å². The van der Waals surface area contributed by atoms with E-state index in [1.165, 1.54) is 6.07 Å². The van der Waals surface area contributed by atoms with Crippen LogP contribution in [0.3, 0.4) is 0 Å². The lowest BCUT2D eigenvalue weighted by molar-refractivity contribution is -0.142. The highest BCUT2D eigenvalue weighted by molar-refractivity contribution is 7.88. The zero-order chi connectivity index (χ0) is 16.3. The second-order valence-electron chi connectivity index (χ2n) is 3.76. The number of benzene rings is 1. The molecule has 0 aliphatic heterocycles. The summed E-state index contributed by atoms with van der Waals surface area (Å²) in [6.07, 6.45) is -0.281. The second kappa shape index (κ2) is 6.52. The van der Waals surface area contributed by atoms with E-state index in [0.29, 0.717) is 0 Å². The van der Waals surface area contributed by atoms with Gasteiger partial charge in [-0.15, -0.1) is 0 Å². The van der Waals surface area contributed by atoms with Gasteiger partial charge in [0.25, 0.3) is 0 Å². The van der Waals surface area contributed by atoms with Gasteiger partial charge in [0, 0.05) is 11.1 Å². The normalized spacial score (nSPS) is 12.0. The summed E-state index contributed by atoms with van der Waals surface area (Å²) in [5.41, 5.74) is -5.40. The van der Waals surface area contributed by atoms with Gasteiger partial charge >= 0.3 is 21.6 Å². The summed E-state index contributed by atoms with van der Waals surface area (Å²) in [4.78, 5) is 11.3. The van der Waals surface area contributed by atoms with Gasteiger partial charge in [-0.3, -0.25) is 4.79 Å². The van der Waals surface area contributed by atoms with Crippen LogP contribution in [-0.2, 0) is 26.1 Å². The molecule has 5 nitrogen and oxygen atoms in total. The molecule has 0 unspecified atom stereocenters. The molecule has 118 valence electrons. The Labute approximate surface area is 123 Å². The van der Waals surface area contributed by atoms with Crippen LogP contribution in [0.15, 0.2) is 18.2 Å². The molecule has 0 radical (unpaired) electrons. The molecule has 0 bridgehead atoms. The average Bonchev–Trinajstić information content (AvgIpc) is 2.25. The molecule has 0 aromatic heterocycles. The Bertz CT molecular complexity index is 627. The van der Waals surface area contributed by atoms with Crippen LogP contribution in [0.4, 0.5) is 13.2 Å². The van der Waals surface area contributed by atoms with Gasteiger partial charge in [0.05, 0.1) is 13.0 Å². The van der Waals surface area contributed by atoms with Crippen LogP contribution < -0.4 is 4.18 Å². The summed E-state index contributed by atoms with van der Waals surface area (Å²) in [7, 11) is -5.80. The molecule has 1 aromatic rings. The van der Waals surface area contributed by atoms with E-state index in [9.17, 15) is 26.4 Å². The van der Waals surface area contributed by atoms with Crippen molar-refractivity contribution in [1.82, 2.24) is 0 Å². The number of rotatable bonds is 5. The highest BCUT2D eigenvalue weighted by atomic mass is 35.5. The SMILES string of the molecule is CCOC(=O)Cc1cc(Cl)cc(OS(=O)(=O)C(F)(F)F)c1. The van der Waals surface area contributed by atoms with Crippen LogP contribution in [0, 0.1) is 0 Å². The highest BCUT2D eigenvalue weighted by Gasteiger charge is 2.48. The first-order valence-electron chi connectivity index (χ1n) is 5.51. The smallest absolute Gasteiger partial charge is 0.466 e. The Morgan fingerprint density at radius 1 is 1.29 bits per heavy atom. The topological polar surface area (TPSA) is 69.7 Å². The van der Waals surface area contributed by atoms with Gasteiger partial charge < -0.3 is 8.92 Å². The molecule has 0 saturated heterocycles. The number of hydrogen-bond acceptors (Lipinski definition) is 5. The summed E-state index contributed by atoms with van der Waals surface area (Å²) in [6, 6.07) is 3.14. The quantitative estimate of drug-likeness (QED) is 0.466. The minimum absolute atomic E-state index is 0.0795. The third-order valence-corrected chi connectivity index (χ3v) is 3.27. The Hall–Kier alpha value is -1.48. The number of esters is 1. The monoisotopic (exact) mass is 346 g/mol. The molecule has 10 heteroatoms. The van der Waals surface area contributed by atoms with Crippen LogP contribution >= 0.6 is 11.6 Å². The van der Waals surface area contributed by atoms with Gasteiger partial charge in [-0.25, -0.2) is 0 Å². The average molecular weight is 347 g/mol. The van der Waals surface area contributed by atoms with Gasteiger partial charge in [0.15, 0.2) is 0 Å². The van der Waals surface area contributed by atoms with Gasteiger partial charge in [0.2, 0.25) is 0 Å². The van der Waals surface area contributed by atoms with Gasteiger partial charge in [0.1, 0.15) is 5.75 Å². The minimum atomic E-state index is -5.80. The van der Waals surface area contributed by atoms with E-state index in [-0.39, 0.29) is 23.6 Å². The van der Waals surface area contributed by atoms with Gasteiger partial charge in [-0.1, -0.05) is 11.6 Å². The standard InChI is InChI=1S/C11H10ClF3O5S/c1-2-19-10(16)5-7-3-8(12)6-9(4-7)20-21(17,18)11(13,14)15/h3-4,6H,2,5H2,1H3. The summed E-state index contributed by atoms with van der Waals surface area (Å²) in [5, 5.41) is -0.0795. The molecule has 0 amide bonds. The fourth-order valence-electron chi connectivity index (χ4n) is 1.32. The number of halogens is 4. The summed E-state index contributed by atoms with van der Waals surface area (Å²) in [6.45, 7) is 1.71. The third-order valence-electron chi connectivity index (χ3n) is 2.07. The summed E-state index contributed by atoms with van der Waals surface area (Å²) < 4.78 is 67.0. The van der Waals surface area contributed by atoms with E-state index in [1.54, 1.807) is 6.92 Å². The first-order chi connectivity index (χ1) is 9.55. The second-order valence-corrected chi connectivity index (χ2v) is 5.73. The van der Waals surface area contributed by atoms with Crippen molar-refractivity contribution in [3.8, 4) is 5.75 Å². The van der Waals surface area contributed by atoms with Gasteiger partial charge in [-0.05, 0) is 24.6 Å². The number of carbonyl (C=O) groups excluding carboxylic acids is 1. The van der Waals surface area contributed by atoms with Crippen LogP contribution in [0.5, 0.6) is 5.75 Å². The molecular formula is C11H10ClF3O5S. The van der Waals surface area contributed by atoms with E-state index in [4.69, 9.17) is 11.6 Å². The van der Waals surface area contributed by atoms with Crippen LogP contribution in [-0.4, -0.2) is 26.5 Å². The molecule has 0 spiro atoms. The number of alkyl halides is 3. The molecule has 1 rings (SSSR count). The Kier molecular flexibility index (Phi) is 5.46. The summed E-state index contributed by atoms with van der Waals surface area (Å²) in [5.74, 6) is -1.27. The van der Waals surface area contributed by atoms with Crippen molar-refractivity contribution in [2.75, 3.05) is 6.61 Å². The third kappa shape index (κ3) is 5.09. The first kappa shape index (κ1) is 17.6. The highest BCUT2D eigenvalue weighted by Crippen LogP contribution is 2.29. The van der Waals surface area contributed by atoms with Crippen LogP contribution in [0.1, 0.15) is 12.5 Å². The molecule has 0 fully saturated rings. The van der Waals surface area contributed by atoms with Crippen molar-refractivity contribution < 1.29 is 35.3 Å². The first-order valence-corrected chi connectivity index (χ1v) is 7.29. The largest absolute Gasteiger partial charge is 0.534 e. The summed E-state index contributed by atoms with van der Waals surface area (Å²) >= 11 is 5.65. The molecule has 0 N–H and O–H groups in total. The molecular weight excluding hydrogens is 337 g/mol. The van der Waals surface area contributed by atoms with Crippen molar-refractivity contribution in [3.63, 3.8) is 0 Å². The maximum atomic E-state index is 12.2. The molecule has 0 aliphatic carbocycles. The molecule has 0 aliphatic rings. The fourth-order valence-corrected chi connectivity index (χ4v) is 2.02. The predicted octanol–water partition coefficient (Wildman–Crippen LogP) is 2.67. The van der Waals surface area contributed by atoms with E-state index in [1.807, 2.05) is 0 Å². The zero-order valence-electron chi connectivity index (χ0n) is 10.6. The van der Waals surface area contributed by atoms with Gasteiger partial charge in [-0.2, -0.15) is 21.6 Å². The lowest BCUT2D eigenvalue weighted by atomic mass is 10.1. The lowest BCUT2D eigenvalue weighted by Gasteiger charge is -2.11. The van der Waals surface area contributed by atoms with E-state index >= 15 is 0 Å².